The van der Waals surface area contributed by atoms with Gasteiger partial charge in [-0.25, -0.2) is 0 Å². The van der Waals surface area contributed by atoms with Crippen molar-refractivity contribution in [1.82, 2.24) is 0 Å². The highest BCUT2D eigenvalue weighted by molar-refractivity contribution is 5.57. The van der Waals surface area contributed by atoms with Gasteiger partial charge in [0.2, 0.25) is 20.4 Å². The molecule has 3 aliphatic heterocycles. The Labute approximate surface area is 224 Å². The van der Waals surface area contributed by atoms with E-state index in [4.69, 9.17) is 37.9 Å². The standard InChI is InChI=1S/3C9H10O3.2CH4/c1-6-3-8-9(12-5-11-8)4-7(6)10-2;1-5-3-7-9(12-4-11-7)6(2)8(5)10;1-6-7(10-2)3-4-8-9(6)12-5-11-8;;/h3-4H,5H2,1-2H3;3,10H,4H2,1-2H3;3-4H,5H2,1-2H3;2*1H4. The molecule has 6 rings (SSSR count). The minimum absolute atomic E-state index is 0. The Kier molecular flexibility index (Phi) is 10.2. The first-order valence-electron chi connectivity index (χ1n) is 11.3. The van der Waals surface area contributed by atoms with E-state index in [9.17, 15) is 5.11 Å². The van der Waals surface area contributed by atoms with Crippen LogP contribution < -0.4 is 37.9 Å². The number of phenols is 1. The van der Waals surface area contributed by atoms with E-state index in [0.717, 1.165) is 62.5 Å². The second-order valence-corrected chi connectivity index (χ2v) is 8.20. The van der Waals surface area contributed by atoms with Crippen LogP contribution in [0, 0.1) is 27.7 Å². The van der Waals surface area contributed by atoms with Crippen LogP contribution in [-0.4, -0.2) is 39.7 Å². The van der Waals surface area contributed by atoms with Gasteiger partial charge >= 0.3 is 0 Å². The van der Waals surface area contributed by atoms with E-state index in [-0.39, 0.29) is 21.6 Å². The maximum Gasteiger partial charge on any atom is 0.231 e. The van der Waals surface area contributed by atoms with Crippen molar-refractivity contribution in [3.05, 3.63) is 52.6 Å². The van der Waals surface area contributed by atoms with Crippen molar-refractivity contribution < 1.29 is 43.0 Å². The van der Waals surface area contributed by atoms with Crippen molar-refractivity contribution in [3.8, 4) is 51.7 Å². The lowest BCUT2D eigenvalue weighted by Gasteiger charge is -2.05. The van der Waals surface area contributed by atoms with E-state index in [1.54, 1.807) is 20.3 Å². The smallest absolute Gasteiger partial charge is 0.231 e. The number of hydrogen-bond donors (Lipinski definition) is 1. The summed E-state index contributed by atoms with van der Waals surface area (Å²) in [7, 11) is 3.29. The number of fused-ring (bicyclic) bond motifs is 3. The highest BCUT2D eigenvalue weighted by Crippen LogP contribution is 2.42. The summed E-state index contributed by atoms with van der Waals surface area (Å²) in [6.45, 7) is 8.44. The van der Waals surface area contributed by atoms with Crippen LogP contribution in [-0.2, 0) is 0 Å². The molecule has 0 radical (unpaired) electrons. The summed E-state index contributed by atoms with van der Waals surface area (Å²) in [5.41, 5.74) is 3.62. The first kappa shape index (κ1) is 30.1. The Bertz CT molecular complexity index is 1250. The molecule has 0 saturated carbocycles. The van der Waals surface area contributed by atoms with Crippen LogP contribution in [0.3, 0.4) is 0 Å². The van der Waals surface area contributed by atoms with Gasteiger partial charge in [-0.1, -0.05) is 14.9 Å². The maximum atomic E-state index is 9.53. The van der Waals surface area contributed by atoms with Gasteiger partial charge in [-0.2, -0.15) is 0 Å². The fraction of sp³-hybridized carbons (Fsp3) is 0.379. The van der Waals surface area contributed by atoms with Gasteiger partial charge in [0.1, 0.15) is 17.2 Å². The lowest BCUT2D eigenvalue weighted by molar-refractivity contribution is 0.173. The predicted octanol–water partition coefficient (Wildman–Crippen LogP) is 6.47. The molecule has 3 aliphatic rings. The molecule has 0 unspecified atom stereocenters. The van der Waals surface area contributed by atoms with Crippen LogP contribution in [0.2, 0.25) is 0 Å². The van der Waals surface area contributed by atoms with E-state index in [1.165, 1.54) is 0 Å². The van der Waals surface area contributed by atoms with Crippen molar-refractivity contribution in [2.45, 2.75) is 42.5 Å². The van der Waals surface area contributed by atoms with Gasteiger partial charge in [0.05, 0.1) is 14.2 Å². The molecule has 0 fully saturated rings. The molecule has 0 atom stereocenters. The molecule has 3 aromatic carbocycles. The van der Waals surface area contributed by atoms with Gasteiger partial charge in [-0.3, -0.25) is 0 Å². The van der Waals surface area contributed by atoms with Crippen LogP contribution in [0.1, 0.15) is 37.1 Å². The van der Waals surface area contributed by atoms with E-state index in [1.807, 2.05) is 52.0 Å². The van der Waals surface area contributed by atoms with Crippen LogP contribution in [0.25, 0.3) is 0 Å². The maximum absolute atomic E-state index is 9.53. The number of hydrogen-bond acceptors (Lipinski definition) is 9. The molecule has 0 spiro atoms. The minimum Gasteiger partial charge on any atom is -0.507 e. The van der Waals surface area contributed by atoms with E-state index in [0.29, 0.717) is 25.1 Å². The summed E-state index contributed by atoms with van der Waals surface area (Å²) in [4.78, 5) is 0. The second-order valence-electron chi connectivity index (χ2n) is 8.20. The highest BCUT2D eigenvalue weighted by atomic mass is 16.7. The fourth-order valence-electron chi connectivity index (χ4n) is 3.92. The Morgan fingerprint density at radius 2 is 1.08 bits per heavy atom. The Morgan fingerprint density at radius 1 is 0.579 bits per heavy atom. The molecule has 38 heavy (non-hydrogen) atoms. The van der Waals surface area contributed by atoms with Crippen LogP contribution in [0.15, 0.2) is 30.3 Å². The molecule has 0 aliphatic carbocycles. The quantitative estimate of drug-likeness (QED) is 0.400. The van der Waals surface area contributed by atoms with Crippen molar-refractivity contribution >= 4 is 0 Å². The fourth-order valence-corrected chi connectivity index (χ4v) is 3.92. The third-order valence-corrected chi connectivity index (χ3v) is 5.91. The Balaban J connectivity index is 0.000000195. The van der Waals surface area contributed by atoms with Crippen LogP contribution >= 0.6 is 0 Å². The molecular weight excluding hydrogens is 492 g/mol. The second kappa shape index (κ2) is 12.9. The van der Waals surface area contributed by atoms with Crippen LogP contribution in [0.4, 0.5) is 0 Å². The predicted molar refractivity (Wildman–Crippen MR) is 145 cm³/mol. The SMILES string of the molecule is C.C.COc1cc2c(cc1C)OCO2.COc1ccc2c(c1C)OCO2.Cc1cc2c(c(C)c1O)OCO2. The van der Waals surface area contributed by atoms with Gasteiger partial charge in [0, 0.05) is 17.2 Å². The number of phenolic OH excluding ortho intramolecular Hbond substituents is 1. The Hall–Kier alpha value is -4.14. The number of methoxy groups -OCH3 is 2. The van der Waals surface area contributed by atoms with Gasteiger partial charge in [0.25, 0.3) is 0 Å². The molecule has 3 aromatic rings. The minimum atomic E-state index is 0. The molecule has 9 heteroatoms. The molecule has 0 aromatic heterocycles. The number of aryl methyl sites for hydroxylation is 2. The molecule has 1 N–H and O–H groups in total. The van der Waals surface area contributed by atoms with Gasteiger partial charge < -0.3 is 43.0 Å². The zero-order chi connectivity index (χ0) is 25.8. The van der Waals surface area contributed by atoms with Crippen LogP contribution in [0.5, 0.6) is 51.7 Å². The zero-order valence-corrected chi connectivity index (χ0v) is 21.2. The summed E-state index contributed by atoms with van der Waals surface area (Å²) in [6.07, 6.45) is 0. The van der Waals surface area contributed by atoms with Crippen molar-refractivity contribution in [2.75, 3.05) is 34.6 Å². The summed E-state index contributed by atoms with van der Waals surface area (Å²) >= 11 is 0. The van der Waals surface area contributed by atoms with Crippen molar-refractivity contribution in [2.24, 2.45) is 0 Å². The molecule has 208 valence electrons. The molecule has 0 bridgehead atoms. The van der Waals surface area contributed by atoms with E-state index >= 15 is 0 Å². The lowest BCUT2D eigenvalue weighted by atomic mass is 10.1. The molecular formula is C29H38O9. The number of benzene rings is 3. The van der Waals surface area contributed by atoms with Gasteiger partial charge in [-0.05, 0) is 63.1 Å². The third-order valence-electron chi connectivity index (χ3n) is 5.91. The first-order chi connectivity index (χ1) is 17.3. The van der Waals surface area contributed by atoms with E-state index < -0.39 is 0 Å². The highest BCUT2D eigenvalue weighted by Gasteiger charge is 2.20. The van der Waals surface area contributed by atoms with Crippen molar-refractivity contribution in [1.29, 1.82) is 0 Å². The molecule has 0 saturated heterocycles. The summed E-state index contributed by atoms with van der Waals surface area (Å²) in [5.74, 6) is 6.51. The zero-order valence-electron chi connectivity index (χ0n) is 21.2. The monoisotopic (exact) mass is 530 g/mol. The number of rotatable bonds is 2. The topological polar surface area (TPSA) is 94.1 Å². The third kappa shape index (κ3) is 6.04. The summed E-state index contributed by atoms with van der Waals surface area (Å²) in [6, 6.07) is 9.28. The summed E-state index contributed by atoms with van der Waals surface area (Å²) in [5, 5.41) is 9.53. The summed E-state index contributed by atoms with van der Waals surface area (Å²) < 4.78 is 41.5. The number of ether oxygens (including phenoxy) is 8. The van der Waals surface area contributed by atoms with E-state index in [2.05, 4.69) is 0 Å². The molecule has 3 heterocycles. The normalized spacial score (nSPS) is 12.6. The average molecular weight is 531 g/mol. The van der Waals surface area contributed by atoms with Gasteiger partial charge in [-0.15, -0.1) is 0 Å². The largest absolute Gasteiger partial charge is 0.507 e. The molecule has 9 nitrogen and oxygen atoms in total. The van der Waals surface area contributed by atoms with Crippen molar-refractivity contribution in [3.63, 3.8) is 0 Å². The Morgan fingerprint density at radius 3 is 1.71 bits per heavy atom. The average Bonchev–Trinajstić information content (AvgIpc) is 3.64. The molecule has 0 amide bonds. The lowest BCUT2D eigenvalue weighted by Crippen LogP contribution is -1.93. The first-order valence-corrected chi connectivity index (χ1v) is 11.3. The number of aromatic hydroxyl groups is 1. The van der Waals surface area contributed by atoms with Gasteiger partial charge in [0.15, 0.2) is 34.5 Å².